The molecule has 7 nitrogen and oxygen atoms in total. The summed E-state index contributed by atoms with van der Waals surface area (Å²) in [4.78, 5) is 23.5. The number of hydrogen-bond donors (Lipinski definition) is 3. The first-order chi connectivity index (χ1) is 15.6. The third kappa shape index (κ3) is 6.85. The zero-order valence-electron chi connectivity index (χ0n) is 17.2. The van der Waals surface area contributed by atoms with E-state index in [1.165, 1.54) is 36.4 Å². The largest absolute Gasteiger partial charge is 0.480 e. The molecule has 0 aliphatic rings. The predicted octanol–water partition coefficient (Wildman–Crippen LogP) is 4.30. The average molecular weight is 491 g/mol. The Bertz CT molecular complexity index is 1230. The molecule has 0 aliphatic heterocycles. The van der Waals surface area contributed by atoms with Crippen molar-refractivity contribution in [3.05, 3.63) is 83.6 Å². The molecular formula is C23H20ClFN2O5S. The summed E-state index contributed by atoms with van der Waals surface area (Å²) >= 11 is 5.88. The van der Waals surface area contributed by atoms with Gasteiger partial charge < -0.3 is 10.4 Å². The van der Waals surface area contributed by atoms with E-state index in [1.54, 1.807) is 36.4 Å². The van der Waals surface area contributed by atoms with Crippen molar-refractivity contribution in [1.29, 1.82) is 0 Å². The van der Waals surface area contributed by atoms with Crippen molar-refractivity contribution in [3.63, 3.8) is 0 Å². The molecule has 3 aromatic carbocycles. The molecule has 0 bridgehead atoms. The zero-order valence-corrected chi connectivity index (χ0v) is 18.7. The Morgan fingerprint density at radius 2 is 1.45 bits per heavy atom. The van der Waals surface area contributed by atoms with E-state index in [0.29, 0.717) is 10.7 Å². The maximum atomic E-state index is 12.9. The Kier molecular flexibility index (Phi) is 7.80. The number of anilines is 1. The topological polar surface area (TPSA) is 113 Å². The van der Waals surface area contributed by atoms with Gasteiger partial charge in [-0.1, -0.05) is 35.9 Å². The summed E-state index contributed by atoms with van der Waals surface area (Å²) in [6, 6.07) is 16.5. The molecule has 3 rings (SSSR count). The van der Waals surface area contributed by atoms with Crippen LogP contribution in [0, 0.1) is 5.82 Å². The molecule has 0 radical (unpaired) electrons. The van der Waals surface area contributed by atoms with Crippen LogP contribution in [-0.2, 0) is 19.6 Å². The molecule has 33 heavy (non-hydrogen) atoms. The molecule has 0 spiro atoms. The number of amides is 1. The number of nitrogens with one attached hydrogen (secondary N) is 2. The minimum Gasteiger partial charge on any atom is -0.480 e. The van der Waals surface area contributed by atoms with E-state index in [4.69, 9.17) is 11.6 Å². The average Bonchev–Trinajstić information content (AvgIpc) is 2.78. The van der Waals surface area contributed by atoms with Crippen molar-refractivity contribution >= 4 is 39.2 Å². The van der Waals surface area contributed by atoms with Crippen LogP contribution in [0.5, 0.6) is 0 Å². The van der Waals surface area contributed by atoms with Gasteiger partial charge in [0.2, 0.25) is 15.9 Å². The number of sulfonamides is 1. The summed E-state index contributed by atoms with van der Waals surface area (Å²) in [6.45, 7) is 0. The van der Waals surface area contributed by atoms with Crippen molar-refractivity contribution in [2.45, 2.75) is 23.8 Å². The minimum absolute atomic E-state index is 0.109. The highest BCUT2D eigenvalue weighted by atomic mass is 35.5. The van der Waals surface area contributed by atoms with Crippen molar-refractivity contribution in [3.8, 4) is 11.1 Å². The monoisotopic (exact) mass is 490 g/mol. The Morgan fingerprint density at radius 3 is 2.00 bits per heavy atom. The number of carboxylic acids is 1. The predicted molar refractivity (Wildman–Crippen MR) is 123 cm³/mol. The van der Waals surface area contributed by atoms with Gasteiger partial charge in [-0.2, -0.15) is 4.72 Å². The van der Waals surface area contributed by atoms with Gasteiger partial charge in [0.25, 0.3) is 0 Å². The Morgan fingerprint density at radius 1 is 0.909 bits per heavy atom. The first kappa shape index (κ1) is 24.4. The number of hydrogen-bond acceptors (Lipinski definition) is 4. The van der Waals surface area contributed by atoms with E-state index in [0.717, 1.165) is 11.1 Å². The molecule has 0 aromatic heterocycles. The highest BCUT2D eigenvalue weighted by Crippen LogP contribution is 2.23. The van der Waals surface area contributed by atoms with Crippen LogP contribution in [0.15, 0.2) is 77.7 Å². The lowest BCUT2D eigenvalue weighted by Gasteiger charge is -2.15. The summed E-state index contributed by atoms with van der Waals surface area (Å²) < 4.78 is 40.4. The second-order valence-electron chi connectivity index (χ2n) is 7.14. The van der Waals surface area contributed by atoms with Crippen LogP contribution in [0.4, 0.5) is 10.1 Å². The number of benzene rings is 3. The normalized spacial score (nSPS) is 12.2. The Balaban J connectivity index is 1.64. The molecule has 0 heterocycles. The molecule has 3 aromatic rings. The number of carbonyl (C=O) groups excluding carboxylic acids is 1. The van der Waals surface area contributed by atoms with Gasteiger partial charge in [0.1, 0.15) is 11.9 Å². The summed E-state index contributed by atoms with van der Waals surface area (Å²) in [7, 11) is -4.15. The summed E-state index contributed by atoms with van der Waals surface area (Å²) in [5, 5.41) is 12.5. The fourth-order valence-electron chi connectivity index (χ4n) is 2.99. The quantitative estimate of drug-likeness (QED) is 0.414. The second kappa shape index (κ2) is 10.6. The van der Waals surface area contributed by atoms with E-state index < -0.39 is 33.8 Å². The summed E-state index contributed by atoms with van der Waals surface area (Å²) in [5.74, 6) is -2.40. The van der Waals surface area contributed by atoms with E-state index in [1.807, 2.05) is 0 Å². The number of aliphatic carboxylic acids is 1. The highest BCUT2D eigenvalue weighted by molar-refractivity contribution is 7.89. The van der Waals surface area contributed by atoms with Crippen LogP contribution in [0.2, 0.25) is 5.02 Å². The van der Waals surface area contributed by atoms with E-state index >= 15 is 0 Å². The molecule has 1 atom stereocenters. The molecule has 10 heteroatoms. The van der Waals surface area contributed by atoms with Gasteiger partial charge in [0.05, 0.1) is 4.90 Å². The molecular weight excluding hydrogens is 471 g/mol. The fraction of sp³-hybridized carbons (Fsp3) is 0.130. The van der Waals surface area contributed by atoms with E-state index in [-0.39, 0.29) is 17.7 Å². The van der Waals surface area contributed by atoms with Crippen LogP contribution < -0.4 is 10.0 Å². The fourth-order valence-corrected chi connectivity index (χ4v) is 4.34. The van der Waals surface area contributed by atoms with Gasteiger partial charge in [-0.3, -0.25) is 9.59 Å². The highest BCUT2D eigenvalue weighted by Gasteiger charge is 2.26. The third-order valence-corrected chi connectivity index (χ3v) is 6.47. The zero-order chi connectivity index (χ0) is 24.0. The van der Waals surface area contributed by atoms with Crippen molar-refractivity contribution in [2.75, 3.05) is 5.32 Å². The van der Waals surface area contributed by atoms with Crippen LogP contribution in [-0.4, -0.2) is 31.4 Å². The maximum absolute atomic E-state index is 12.9. The molecule has 0 saturated carbocycles. The molecule has 0 saturated heterocycles. The summed E-state index contributed by atoms with van der Waals surface area (Å²) in [6.07, 6.45) is -0.531. The summed E-state index contributed by atoms with van der Waals surface area (Å²) in [5.41, 5.74) is 1.94. The molecule has 0 aliphatic carbocycles. The lowest BCUT2D eigenvalue weighted by Crippen LogP contribution is -2.41. The molecule has 3 N–H and O–H groups in total. The Hall–Kier alpha value is -3.27. The SMILES string of the molecule is O=C(CC[C@H](NS(=O)(=O)c1ccc(-c2ccc(Cl)cc2)cc1)C(=O)O)Nc1ccc(F)cc1. The first-order valence-corrected chi connectivity index (χ1v) is 11.7. The van der Waals surface area contributed by atoms with Gasteiger partial charge in [0, 0.05) is 17.1 Å². The lowest BCUT2D eigenvalue weighted by molar-refractivity contribution is -0.139. The maximum Gasteiger partial charge on any atom is 0.321 e. The number of halogens is 2. The standard InChI is InChI=1S/C23H20ClFN2O5S/c24-17-5-1-15(2-6-17)16-3-11-20(12-4-16)33(31,32)27-21(23(29)30)13-14-22(28)26-19-9-7-18(25)8-10-19/h1-12,21,27H,13-14H2,(H,26,28)(H,29,30)/t21-/m0/s1. The van der Waals surface area contributed by atoms with E-state index in [9.17, 15) is 27.5 Å². The van der Waals surface area contributed by atoms with E-state index in [2.05, 4.69) is 10.0 Å². The van der Waals surface area contributed by atoms with Crippen LogP contribution in [0.1, 0.15) is 12.8 Å². The van der Waals surface area contributed by atoms with Gasteiger partial charge in [-0.05, 0) is 66.1 Å². The van der Waals surface area contributed by atoms with Crippen LogP contribution >= 0.6 is 11.6 Å². The van der Waals surface area contributed by atoms with Crippen molar-refractivity contribution in [1.82, 2.24) is 4.72 Å². The minimum atomic E-state index is -4.15. The smallest absolute Gasteiger partial charge is 0.321 e. The lowest BCUT2D eigenvalue weighted by atomic mass is 10.1. The molecule has 0 unspecified atom stereocenters. The second-order valence-corrected chi connectivity index (χ2v) is 9.29. The van der Waals surface area contributed by atoms with Gasteiger partial charge in [-0.15, -0.1) is 0 Å². The molecule has 172 valence electrons. The first-order valence-electron chi connectivity index (χ1n) is 9.80. The van der Waals surface area contributed by atoms with Crippen LogP contribution in [0.3, 0.4) is 0 Å². The Labute approximate surface area is 195 Å². The number of carbonyl (C=O) groups is 2. The molecule has 0 fully saturated rings. The number of rotatable bonds is 9. The van der Waals surface area contributed by atoms with Gasteiger partial charge in [-0.25, -0.2) is 12.8 Å². The van der Waals surface area contributed by atoms with Gasteiger partial charge in [0.15, 0.2) is 0 Å². The molecule has 1 amide bonds. The van der Waals surface area contributed by atoms with Crippen molar-refractivity contribution < 1.29 is 27.5 Å². The third-order valence-electron chi connectivity index (χ3n) is 4.73. The van der Waals surface area contributed by atoms with Crippen molar-refractivity contribution in [2.24, 2.45) is 0 Å². The van der Waals surface area contributed by atoms with Gasteiger partial charge >= 0.3 is 5.97 Å². The number of carboxylic acid groups (broad SMARTS) is 1. The van der Waals surface area contributed by atoms with Crippen LogP contribution in [0.25, 0.3) is 11.1 Å².